The molecule has 5 N–H and O–H groups in total. The minimum atomic E-state index is -3.59. The van der Waals surface area contributed by atoms with Crippen LogP contribution in [0.4, 0.5) is 5.69 Å². The summed E-state index contributed by atoms with van der Waals surface area (Å²) in [5, 5.41) is 32.6. The molecule has 0 bridgehead atoms. The Balaban J connectivity index is 1.56. The minimum absolute atomic E-state index is 0.00134. The van der Waals surface area contributed by atoms with Crippen molar-refractivity contribution in [2.75, 3.05) is 30.7 Å². The van der Waals surface area contributed by atoms with Gasteiger partial charge in [0.2, 0.25) is 10.0 Å². The molecule has 0 saturated heterocycles. The Morgan fingerprint density at radius 3 is 2.21 bits per heavy atom. The van der Waals surface area contributed by atoms with Gasteiger partial charge in [0.25, 0.3) is 0 Å². The van der Waals surface area contributed by atoms with E-state index in [1.807, 2.05) is 38.1 Å². The third kappa shape index (κ3) is 8.60. The summed E-state index contributed by atoms with van der Waals surface area (Å²) in [6, 6.07) is 15.1. The molecule has 0 heterocycles. The first-order valence-electron chi connectivity index (χ1n) is 12.3. The molecule has 0 amide bonds. The van der Waals surface area contributed by atoms with E-state index in [1.165, 1.54) is 18.2 Å². The van der Waals surface area contributed by atoms with Gasteiger partial charge in [-0.1, -0.05) is 18.2 Å². The fourth-order valence-electron chi connectivity index (χ4n) is 4.09. The van der Waals surface area contributed by atoms with Gasteiger partial charge in [-0.25, -0.2) is 13.2 Å². The van der Waals surface area contributed by atoms with Crippen molar-refractivity contribution in [3.63, 3.8) is 0 Å². The maximum Gasteiger partial charge on any atom is 0.341 e. The third-order valence-corrected chi connectivity index (χ3v) is 6.55. The highest BCUT2D eigenvalue weighted by Gasteiger charge is 2.18. The van der Waals surface area contributed by atoms with E-state index in [4.69, 9.17) is 14.6 Å². The number of benzene rings is 3. The molecule has 0 aromatic heterocycles. The van der Waals surface area contributed by atoms with Crippen LogP contribution in [0.25, 0.3) is 11.1 Å². The molecule has 0 fully saturated rings. The Morgan fingerprint density at radius 1 is 0.974 bits per heavy atom. The average molecular weight is 559 g/mol. The van der Waals surface area contributed by atoms with Crippen molar-refractivity contribution >= 4 is 21.7 Å². The van der Waals surface area contributed by atoms with Crippen LogP contribution in [0.5, 0.6) is 17.2 Å². The molecule has 0 aliphatic heterocycles. The topological polar surface area (TPSA) is 154 Å². The lowest BCUT2D eigenvalue weighted by Crippen LogP contribution is -2.35. The molecule has 2 atom stereocenters. The van der Waals surface area contributed by atoms with E-state index < -0.39 is 28.7 Å². The second kappa shape index (κ2) is 12.8. The molecule has 39 heavy (non-hydrogen) atoms. The lowest BCUT2D eigenvalue weighted by Gasteiger charge is -2.22. The van der Waals surface area contributed by atoms with Crippen molar-refractivity contribution in [3.8, 4) is 28.4 Å². The van der Waals surface area contributed by atoms with E-state index in [-0.39, 0.29) is 17.5 Å². The number of anilines is 1. The number of rotatable bonds is 13. The Labute approximate surface area is 228 Å². The number of sulfonamides is 1. The highest BCUT2D eigenvalue weighted by Crippen LogP contribution is 2.31. The Morgan fingerprint density at radius 2 is 1.62 bits per heavy atom. The summed E-state index contributed by atoms with van der Waals surface area (Å²) in [5.41, 5.74) is 4.32. The quantitative estimate of drug-likeness (QED) is 0.156. The van der Waals surface area contributed by atoms with Gasteiger partial charge < -0.3 is 30.1 Å². The number of aliphatic hydroxyl groups excluding tert-OH is 1. The second-order valence-electron chi connectivity index (χ2n) is 9.33. The number of hydrogen-bond acceptors (Lipinski definition) is 8. The number of aryl methyl sites for hydroxylation is 2. The fraction of sp³-hybridized carbons (Fsp3) is 0.321. The minimum Gasteiger partial charge on any atom is -0.506 e. The summed E-state index contributed by atoms with van der Waals surface area (Å²) in [6.07, 6.45) is 0.0322. The van der Waals surface area contributed by atoms with Gasteiger partial charge in [0.15, 0.2) is 6.61 Å². The van der Waals surface area contributed by atoms with Crippen LogP contribution in [0.1, 0.15) is 29.7 Å². The smallest absolute Gasteiger partial charge is 0.341 e. The summed E-state index contributed by atoms with van der Waals surface area (Å²) in [5.74, 6) is -0.0101. The molecule has 3 aromatic rings. The predicted molar refractivity (Wildman–Crippen MR) is 149 cm³/mol. The molecule has 3 aromatic carbocycles. The first-order valence-corrected chi connectivity index (χ1v) is 14.1. The maximum absolute atomic E-state index is 11.5. The first-order chi connectivity index (χ1) is 18.3. The molecule has 0 radical (unpaired) electrons. The highest BCUT2D eigenvalue weighted by atomic mass is 32.2. The number of aromatic hydroxyl groups is 1. The molecule has 0 unspecified atom stereocenters. The maximum atomic E-state index is 11.5. The molecule has 0 aliphatic rings. The standard InChI is InChI=1S/C28H34N2O8S/c1-17-13-22(20-5-8-23(9-6-20)38-16-26(32)33)14-18(2)28(17)37-12-11-29-19(3)27(34)21-7-10-25(31)24(15-21)30-39(4,35)36/h5-10,13-15,19,27,29-31,34H,11-12,16H2,1-4H3,(H,32,33)/t19-,27+/m0/s1. The number of aliphatic carboxylic acids is 1. The van der Waals surface area contributed by atoms with Crippen LogP contribution in [-0.2, 0) is 14.8 Å². The number of ether oxygens (including phenoxy) is 2. The number of phenolic OH excluding ortho intramolecular Hbond substituents is 1. The number of hydrogen-bond donors (Lipinski definition) is 5. The molecule has 11 heteroatoms. The van der Waals surface area contributed by atoms with Crippen molar-refractivity contribution in [1.82, 2.24) is 5.32 Å². The number of carbonyl (C=O) groups is 1. The van der Waals surface area contributed by atoms with Crippen LogP contribution in [0, 0.1) is 13.8 Å². The molecule has 0 spiro atoms. The molecular weight excluding hydrogens is 524 g/mol. The van der Waals surface area contributed by atoms with Crippen LogP contribution in [0.15, 0.2) is 54.6 Å². The van der Waals surface area contributed by atoms with E-state index in [1.54, 1.807) is 19.1 Å². The van der Waals surface area contributed by atoms with Gasteiger partial charge in [0.1, 0.15) is 23.9 Å². The highest BCUT2D eigenvalue weighted by molar-refractivity contribution is 7.92. The van der Waals surface area contributed by atoms with Crippen LogP contribution in [-0.4, -0.2) is 61.8 Å². The zero-order chi connectivity index (χ0) is 28.7. The number of nitrogens with one attached hydrogen (secondary N) is 2. The van der Waals surface area contributed by atoms with Gasteiger partial charge in [-0.2, -0.15) is 0 Å². The third-order valence-electron chi connectivity index (χ3n) is 5.96. The largest absolute Gasteiger partial charge is 0.506 e. The summed E-state index contributed by atoms with van der Waals surface area (Å²) in [7, 11) is -3.59. The van der Waals surface area contributed by atoms with Crippen molar-refractivity contribution in [1.29, 1.82) is 0 Å². The molecule has 0 saturated carbocycles. The fourth-order valence-corrected chi connectivity index (χ4v) is 4.66. The van der Waals surface area contributed by atoms with E-state index in [0.717, 1.165) is 34.3 Å². The Kier molecular flexibility index (Phi) is 9.79. The van der Waals surface area contributed by atoms with Crippen molar-refractivity contribution in [2.24, 2.45) is 0 Å². The van der Waals surface area contributed by atoms with E-state index in [9.17, 15) is 23.4 Å². The zero-order valence-corrected chi connectivity index (χ0v) is 23.1. The molecular formula is C28H34N2O8S. The van der Waals surface area contributed by atoms with Crippen LogP contribution < -0.4 is 19.5 Å². The van der Waals surface area contributed by atoms with E-state index >= 15 is 0 Å². The monoisotopic (exact) mass is 558 g/mol. The normalized spacial score (nSPS) is 12.9. The summed E-state index contributed by atoms with van der Waals surface area (Å²) in [4.78, 5) is 10.7. The van der Waals surface area contributed by atoms with Gasteiger partial charge in [-0.15, -0.1) is 0 Å². The lowest BCUT2D eigenvalue weighted by atomic mass is 9.99. The summed E-state index contributed by atoms with van der Waals surface area (Å²) in [6.45, 7) is 6.13. The van der Waals surface area contributed by atoms with Crippen LogP contribution >= 0.6 is 0 Å². The number of carboxylic acids is 1. The molecule has 210 valence electrons. The van der Waals surface area contributed by atoms with Gasteiger partial charge >= 0.3 is 5.97 Å². The molecule has 10 nitrogen and oxygen atoms in total. The SMILES string of the molecule is Cc1cc(-c2ccc(OCC(=O)O)cc2)cc(C)c1OCCN[C@@H](C)[C@@H](O)c1ccc(O)c(NS(C)(=O)=O)c1. The van der Waals surface area contributed by atoms with E-state index in [0.29, 0.717) is 24.5 Å². The Bertz CT molecular complexity index is 1380. The van der Waals surface area contributed by atoms with Gasteiger partial charge in [-0.05, 0) is 85.0 Å². The van der Waals surface area contributed by atoms with E-state index in [2.05, 4.69) is 10.0 Å². The number of phenols is 1. The lowest BCUT2D eigenvalue weighted by molar-refractivity contribution is -0.139. The van der Waals surface area contributed by atoms with Crippen LogP contribution in [0.2, 0.25) is 0 Å². The predicted octanol–water partition coefficient (Wildman–Crippen LogP) is 3.60. The summed E-state index contributed by atoms with van der Waals surface area (Å²) < 4.78 is 36.5. The van der Waals surface area contributed by atoms with Crippen molar-refractivity contribution < 1.29 is 38.0 Å². The summed E-state index contributed by atoms with van der Waals surface area (Å²) >= 11 is 0. The zero-order valence-electron chi connectivity index (χ0n) is 22.3. The van der Waals surface area contributed by atoms with Crippen LogP contribution in [0.3, 0.4) is 0 Å². The second-order valence-corrected chi connectivity index (χ2v) is 11.1. The Hall–Kier alpha value is -3.80. The van der Waals surface area contributed by atoms with Gasteiger partial charge in [0, 0.05) is 12.6 Å². The average Bonchev–Trinajstić information content (AvgIpc) is 2.86. The van der Waals surface area contributed by atoms with Gasteiger partial charge in [-0.3, -0.25) is 4.72 Å². The first kappa shape index (κ1) is 29.8. The molecule has 0 aliphatic carbocycles. The molecule has 3 rings (SSSR count). The number of carboxylic acid groups (broad SMARTS) is 1. The van der Waals surface area contributed by atoms with Crippen molar-refractivity contribution in [2.45, 2.75) is 32.9 Å². The van der Waals surface area contributed by atoms with Crippen molar-refractivity contribution in [3.05, 3.63) is 71.3 Å². The number of aliphatic hydroxyl groups is 1. The van der Waals surface area contributed by atoms with Gasteiger partial charge in [0.05, 0.1) is 18.0 Å².